The van der Waals surface area contributed by atoms with Crippen LogP contribution in [0.15, 0.2) is 70.4 Å². The number of benzene rings is 2. The second kappa shape index (κ2) is 8.16. The van der Waals surface area contributed by atoms with Crippen molar-refractivity contribution in [2.45, 2.75) is 26.4 Å². The number of rotatable bonds is 5. The number of hydrogen-bond donors (Lipinski definition) is 1. The second-order valence-electron chi connectivity index (χ2n) is 7.08. The number of aliphatic hydroxyl groups is 1. The minimum Gasteiger partial charge on any atom is -0.503 e. The van der Waals surface area contributed by atoms with Gasteiger partial charge in [-0.1, -0.05) is 64.5 Å². The number of halogens is 1. The summed E-state index contributed by atoms with van der Waals surface area (Å²) in [5.74, 6) is -1.41. The van der Waals surface area contributed by atoms with Gasteiger partial charge in [-0.3, -0.25) is 9.59 Å². The van der Waals surface area contributed by atoms with Gasteiger partial charge in [0, 0.05) is 11.0 Å². The molecule has 1 atom stereocenters. The Labute approximate surface area is 186 Å². The second-order valence-corrected chi connectivity index (χ2v) is 9.14. The molecule has 0 radical (unpaired) electrons. The zero-order chi connectivity index (χ0) is 21.4. The van der Waals surface area contributed by atoms with E-state index in [4.69, 9.17) is 0 Å². The first kappa shape index (κ1) is 20.5. The summed E-state index contributed by atoms with van der Waals surface area (Å²) in [4.78, 5) is 32.9. The van der Waals surface area contributed by atoms with Gasteiger partial charge in [0.05, 0.1) is 27.2 Å². The number of aliphatic hydroxyl groups excluding tert-OH is 1. The minimum absolute atomic E-state index is 0.0922. The molecule has 1 aliphatic heterocycles. The molecule has 0 aliphatic carbocycles. The molecule has 1 unspecified atom stereocenters. The maximum absolute atomic E-state index is 13.5. The van der Waals surface area contributed by atoms with Crippen LogP contribution in [0.25, 0.3) is 0 Å². The minimum atomic E-state index is -0.706. The summed E-state index contributed by atoms with van der Waals surface area (Å²) < 4.78 is 0.762. The van der Waals surface area contributed by atoms with E-state index >= 15 is 0 Å². The predicted octanol–water partition coefficient (Wildman–Crippen LogP) is 5.30. The van der Waals surface area contributed by atoms with E-state index in [-0.39, 0.29) is 17.9 Å². The number of nitrogens with zero attached hydrogens (tertiary/aromatic N) is 2. The van der Waals surface area contributed by atoms with Crippen LogP contribution >= 0.6 is 27.3 Å². The van der Waals surface area contributed by atoms with Gasteiger partial charge in [-0.25, -0.2) is 4.98 Å². The van der Waals surface area contributed by atoms with Crippen molar-refractivity contribution >= 4 is 39.0 Å². The number of ketones is 1. The molecular formula is C23H19BrN2O3S. The summed E-state index contributed by atoms with van der Waals surface area (Å²) in [7, 11) is 0. The lowest BCUT2D eigenvalue weighted by Gasteiger charge is -2.27. The largest absolute Gasteiger partial charge is 0.503 e. The smallest absolute Gasteiger partial charge is 0.290 e. The van der Waals surface area contributed by atoms with Crippen LogP contribution in [0.5, 0.6) is 0 Å². The lowest BCUT2D eigenvalue weighted by molar-refractivity contribution is -0.130. The molecule has 1 amide bonds. The van der Waals surface area contributed by atoms with Gasteiger partial charge in [-0.15, -0.1) is 11.3 Å². The summed E-state index contributed by atoms with van der Waals surface area (Å²) in [6, 6.07) is 16.3. The van der Waals surface area contributed by atoms with Crippen LogP contribution < -0.4 is 0 Å². The zero-order valence-electron chi connectivity index (χ0n) is 16.4. The molecule has 0 saturated heterocycles. The third-order valence-corrected chi connectivity index (χ3v) is 6.85. The molecule has 7 heteroatoms. The maximum atomic E-state index is 13.5. The van der Waals surface area contributed by atoms with E-state index in [1.807, 2.05) is 61.5 Å². The predicted molar refractivity (Wildman–Crippen MR) is 119 cm³/mol. The third-order valence-electron chi connectivity index (χ3n) is 5.05. The Kier molecular flexibility index (Phi) is 5.58. The van der Waals surface area contributed by atoms with Crippen molar-refractivity contribution in [3.63, 3.8) is 0 Å². The molecular weight excluding hydrogens is 464 g/mol. The highest BCUT2D eigenvalue weighted by Gasteiger charge is 2.45. The van der Waals surface area contributed by atoms with Crippen molar-refractivity contribution in [2.24, 2.45) is 0 Å². The fourth-order valence-electron chi connectivity index (χ4n) is 3.71. The summed E-state index contributed by atoms with van der Waals surface area (Å²) in [6.07, 6.45) is 0. The highest BCUT2D eigenvalue weighted by atomic mass is 79.9. The molecule has 1 N–H and O–H groups in total. The van der Waals surface area contributed by atoms with Gasteiger partial charge in [0.15, 0.2) is 5.76 Å². The van der Waals surface area contributed by atoms with Crippen LogP contribution in [-0.2, 0) is 11.3 Å². The molecule has 30 heavy (non-hydrogen) atoms. The van der Waals surface area contributed by atoms with E-state index in [9.17, 15) is 14.7 Å². The number of Topliss-reactive ketones (excluding diaryl/α,β-unsaturated/α-hetero) is 1. The third kappa shape index (κ3) is 3.59. The molecule has 1 aromatic heterocycles. The number of thiazole rings is 1. The van der Waals surface area contributed by atoms with Gasteiger partial charge in [-0.2, -0.15) is 0 Å². The fraction of sp³-hybridized carbons (Fsp3) is 0.174. The molecule has 3 aromatic rings. The molecule has 0 fully saturated rings. The van der Waals surface area contributed by atoms with Gasteiger partial charge >= 0.3 is 0 Å². The number of aromatic nitrogens is 1. The molecule has 2 aromatic carbocycles. The van der Waals surface area contributed by atoms with Gasteiger partial charge in [-0.05, 0) is 31.0 Å². The number of carbonyl (C=O) groups excluding carboxylic acids is 2. The van der Waals surface area contributed by atoms with Crippen LogP contribution in [0.3, 0.4) is 0 Å². The van der Waals surface area contributed by atoms with Gasteiger partial charge in [0.2, 0.25) is 5.78 Å². The van der Waals surface area contributed by atoms with E-state index < -0.39 is 17.7 Å². The molecule has 152 valence electrons. The summed E-state index contributed by atoms with van der Waals surface area (Å²) >= 11 is 4.82. The average molecular weight is 483 g/mol. The van der Waals surface area contributed by atoms with Crippen molar-refractivity contribution in [1.29, 1.82) is 0 Å². The van der Waals surface area contributed by atoms with Crippen LogP contribution in [0, 0.1) is 13.8 Å². The molecule has 0 saturated carbocycles. The molecule has 1 aliphatic rings. The van der Waals surface area contributed by atoms with Crippen LogP contribution in [0.4, 0.5) is 0 Å². The Morgan fingerprint density at radius 2 is 1.80 bits per heavy atom. The van der Waals surface area contributed by atoms with Crippen LogP contribution in [-0.4, -0.2) is 26.7 Å². The molecule has 0 bridgehead atoms. The zero-order valence-corrected chi connectivity index (χ0v) is 18.8. The first-order valence-corrected chi connectivity index (χ1v) is 11.0. The highest BCUT2D eigenvalue weighted by Crippen LogP contribution is 2.43. The Morgan fingerprint density at radius 1 is 1.13 bits per heavy atom. The Balaban J connectivity index is 1.84. The number of carbonyl (C=O) groups is 2. The molecule has 2 heterocycles. The van der Waals surface area contributed by atoms with Gasteiger partial charge in [0.25, 0.3) is 5.91 Å². The molecule has 5 nitrogen and oxygen atoms in total. The van der Waals surface area contributed by atoms with E-state index in [1.165, 1.54) is 11.3 Å². The van der Waals surface area contributed by atoms with Crippen molar-refractivity contribution in [1.82, 2.24) is 9.88 Å². The molecule has 0 spiro atoms. The monoisotopic (exact) mass is 482 g/mol. The Hall–Kier alpha value is -2.77. The van der Waals surface area contributed by atoms with Crippen molar-refractivity contribution in [3.05, 3.63) is 97.1 Å². The summed E-state index contributed by atoms with van der Waals surface area (Å²) in [6.45, 7) is 3.86. The van der Waals surface area contributed by atoms with Crippen LogP contribution in [0.2, 0.25) is 0 Å². The van der Waals surface area contributed by atoms with Crippen molar-refractivity contribution in [2.75, 3.05) is 0 Å². The fourth-order valence-corrected chi connectivity index (χ4v) is 5.09. The lowest BCUT2D eigenvalue weighted by atomic mass is 9.95. The Morgan fingerprint density at radius 3 is 2.43 bits per heavy atom. The standard InChI is InChI=1S/C23H19BrN2O3S/c1-13-22(30-14(2)25-13)20(27)18-19(16-10-6-7-11-17(16)24)26(23(29)21(18)28)12-15-8-4-3-5-9-15/h3-11,19,28H,12H2,1-2H3. The molecule has 4 rings (SSSR count). The maximum Gasteiger partial charge on any atom is 0.290 e. The van der Waals surface area contributed by atoms with Crippen molar-refractivity contribution < 1.29 is 14.7 Å². The quantitative estimate of drug-likeness (QED) is 0.500. The average Bonchev–Trinajstić information content (AvgIpc) is 3.19. The SMILES string of the molecule is Cc1nc(C)c(C(=O)C2=C(O)C(=O)N(Cc3ccccc3)C2c2ccccc2Br)s1. The number of hydrogen-bond acceptors (Lipinski definition) is 5. The Bertz CT molecular complexity index is 1170. The lowest BCUT2D eigenvalue weighted by Crippen LogP contribution is -2.30. The first-order chi connectivity index (χ1) is 14.4. The van der Waals surface area contributed by atoms with Gasteiger partial charge in [0.1, 0.15) is 0 Å². The van der Waals surface area contributed by atoms with E-state index in [0.29, 0.717) is 10.6 Å². The van der Waals surface area contributed by atoms with E-state index in [2.05, 4.69) is 20.9 Å². The van der Waals surface area contributed by atoms with Crippen molar-refractivity contribution in [3.8, 4) is 0 Å². The van der Waals surface area contributed by atoms with E-state index in [0.717, 1.165) is 20.6 Å². The number of amides is 1. The highest BCUT2D eigenvalue weighted by molar-refractivity contribution is 9.10. The topological polar surface area (TPSA) is 70.5 Å². The summed E-state index contributed by atoms with van der Waals surface area (Å²) in [5, 5.41) is 11.6. The summed E-state index contributed by atoms with van der Waals surface area (Å²) in [5.41, 5.74) is 2.35. The first-order valence-electron chi connectivity index (χ1n) is 9.39. The van der Waals surface area contributed by atoms with E-state index in [1.54, 1.807) is 11.8 Å². The van der Waals surface area contributed by atoms with Crippen LogP contribution in [0.1, 0.15) is 37.5 Å². The normalized spacial score (nSPS) is 16.4. The number of aryl methyl sites for hydroxylation is 2. The van der Waals surface area contributed by atoms with Gasteiger partial charge < -0.3 is 10.0 Å².